The molecule has 1 fully saturated rings. The van der Waals surface area contributed by atoms with Crippen LogP contribution in [0.5, 0.6) is 0 Å². The van der Waals surface area contributed by atoms with Crippen LogP contribution in [0.15, 0.2) is 17.1 Å². The monoisotopic (exact) mass is 345 g/mol. The Morgan fingerprint density at radius 2 is 1.87 bits per heavy atom. The molecule has 0 aromatic rings. The molecule has 1 saturated heterocycles. The number of dihydropyridines is 1. The normalized spacial score (nSPS) is 38.7. The Labute approximate surface area is 129 Å². The summed E-state index contributed by atoms with van der Waals surface area (Å²) in [6, 6.07) is 0. The van der Waals surface area contributed by atoms with E-state index in [2.05, 4.69) is 4.99 Å². The zero-order valence-electron chi connectivity index (χ0n) is 12.7. The molecule has 5 atom stereocenters. The van der Waals surface area contributed by atoms with E-state index in [0.717, 1.165) is 13.0 Å². The highest BCUT2D eigenvalue weighted by Gasteiger charge is 2.62. The van der Waals surface area contributed by atoms with Gasteiger partial charge in [0.25, 0.3) is 0 Å². The van der Waals surface area contributed by atoms with Crippen molar-refractivity contribution in [3.05, 3.63) is 12.2 Å². The molecule has 2 heterocycles. The van der Waals surface area contributed by atoms with Gasteiger partial charge < -0.3 is 9.47 Å². The van der Waals surface area contributed by atoms with Crippen LogP contribution in [0.25, 0.3) is 0 Å². The number of alkyl halides is 6. The molecule has 3 nitrogen and oxygen atoms in total. The van der Waals surface area contributed by atoms with Gasteiger partial charge in [-0.05, 0) is 24.8 Å². The molecule has 2 rings (SSSR count). The second-order valence-corrected chi connectivity index (χ2v) is 5.94. The van der Waals surface area contributed by atoms with E-state index in [1.165, 1.54) is 20.1 Å². The van der Waals surface area contributed by atoms with Gasteiger partial charge in [0.05, 0.1) is 6.61 Å². The molecule has 9 heteroatoms. The van der Waals surface area contributed by atoms with E-state index in [0.29, 0.717) is 0 Å². The quantitative estimate of drug-likeness (QED) is 0.714. The number of halogens is 6. The average Bonchev–Trinajstić information content (AvgIpc) is 2.74. The first-order valence-corrected chi connectivity index (χ1v) is 6.98. The van der Waals surface area contributed by atoms with E-state index in [4.69, 9.17) is 9.47 Å². The summed E-state index contributed by atoms with van der Waals surface area (Å²) in [6.07, 6.45) is -8.38. The highest BCUT2D eigenvalue weighted by molar-refractivity contribution is 6.00. The predicted molar refractivity (Wildman–Crippen MR) is 70.0 cm³/mol. The van der Waals surface area contributed by atoms with Crippen LogP contribution in [0.2, 0.25) is 0 Å². The van der Waals surface area contributed by atoms with Gasteiger partial charge in [-0.2, -0.15) is 26.3 Å². The van der Waals surface area contributed by atoms with Crippen molar-refractivity contribution in [3.8, 4) is 0 Å². The van der Waals surface area contributed by atoms with Gasteiger partial charge >= 0.3 is 12.4 Å². The molecule has 0 N–H and O–H groups in total. The molecule has 0 aromatic carbocycles. The Hall–Kier alpha value is -1.09. The summed E-state index contributed by atoms with van der Waals surface area (Å²) in [7, 11) is 1.18. The van der Waals surface area contributed by atoms with Gasteiger partial charge in [-0.1, -0.05) is 13.0 Å². The highest BCUT2D eigenvalue weighted by atomic mass is 19.4. The molecule has 2 aliphatic heterocycles. The lowest BCUT2D eigenvalue weighted by Crippen LogP contribution is -2.48. The van der Waals surface area contributed by atoms with E-state index in [-0.39, 0.29) is 6.61 Å². The number of methoxy groups -OCH3 is 1. The number of aliphatic imine (C=N–C) groups is 1. The fraction of sp³-hybridized carbons (Fsp3) is 0.786. The summed E-state index contributed by atoms with van der Waals surface area (Å²) >= 11 is 0. The van der Waals surface area contributed by atoms with E-state index in [1.807, 2.05) is 0 Å². The maximum Gasteiger partial charge on any atom is 0.433 e. The molecular formula is C14H17F6NO2. The number of hydrogen-bond donors (Lipinski definition) is 0. The van der Waals surface area contributed by atoms with Crippen LogP contribution in [0.4, 0.5) is 26.3 Å². The van der Waals surface area contributed by atoms with Crippen molar-refractivity contribution in [3.63, 3.8) is 0 Å². The molecule has 0 aliphatic carbocycles. The second-order valence-electron chi connectivity index (χ2n) is 5.94. The summed E-state index contributed by atoms with van der Waals surface area (Å²) in [4.78, 5) is 3.49. The van der Waals surface area contributed by atoms with Crippen molar-refractivity contribution >= 4 is 5.71 Å². The van der Waals surface area contributed by atoms with Crippen LogP contribution in [0, 0.1) is 17.8 Å². The minimum atomic E-state index is -4.63. The van der Waals surface area contributed by atoms with Gasteiger partial charge in [-0.15, -0.1) is 0 Å². The number of rotatable bonds is 2. The fourth-order valence-corrected chi connectivity index (χ4v) is 3.03. The number of hydrogen-bond acceptors (Lipinski definition) is 3. The molecule has 2 unspecified atom stereocenters. The first-order valence-electron chi connectivity index (χ1n) is 6.98. The van der Waals surface area contributed by atoms with Gasteiger partial charge in [0.15, 0.2) is 11.8 Å². The number of nitrogens with zero attached hydrogens (tertiary/aromatic N) is 1. The topological polar surface area (TPSA) is 30.8 Å². The van der Waals surface area contributed by atoms with Crippen LogP contribution in [-0.2, 0) is 9.47 Å². The molecule has 0 spiro atoms. The van der Waals surface area contributed by atoms with Crippen molar-refractivity contribution in [1.82, 2.24) is 0 Å². The third kappa shape index (κ3) is 3.13. The van der Waals surface area contributed by atoms with E-state index >= 15 is 0 Å². The highest BCUT2D eigenvalue weighted by Crippen LogP contribution is 2.50. The van der Waals surface area contributed by atoms with Crippen LogP contribution >= 0.6 is 0 Å². The lowest BCUT2D eigenvalue weighted by molar-refractivity contribution is -0.266. The second kappa shape index (κ2) is 5.77. The average molecular weight is 345 g/mol. The van der Waals surface area contributed by atoms with Crippen molar-refractivity contribution in [2.75, 3.05) is 13.7 Å². The van der Waals surface area contributed by atoms with Gasteiger partial charge in [-0.25, -0.2) is 4.99 Å². The molecule has 132 valence electrons. The Kier molecular flexibility index (Phi) is 4.58. The molecule has 23 heavy (non-hydrogen) atoms. The predicted octanol–water partition coefficient (Wildman–Crippen LogP) is 3.75. The van der Waals surface area contributed by atoms with Gasteiger partial charge in [0.2, 0.25) is 0 Å². The maximum absolute atomic E-state index is 13.2. The van der Waals surface area contributed by atoms with Crippen LogP contribution in [0.3, 0.4) is 0 Å². The van der Waals surface area contributed by atoms with Crippen LogP contribution in [0.1, 0.15) is 13.8 Å². The van der Waals surface area contributed by atoms with E-state index in [1.54, 1.807) is 0 Å². The van der Waals surface area contributed by atoms with Crippen LogP contribution in [-0.4, -0.2) is 43.6 Å². The third-order valence-electron chi connectivity index (χ3n) is 4.75. The summed E-state index contributed by atoms with van der Waals surface area (Å²) in [6.45, 7) is 2.12. The first-order chi connectivity index (χ1) is 10.4. The molecule has 0 radical (unpaired) electrons. The van der Waals surface area contributed by atoms with Crippen molar-refractivity contribution < 1.29 is 35.8 Å². The zero-order valence-corrected chi connectivity index (χ0v) is 12.7. The summed E-state index contributed by atoms with van der Waals surface area (Å²) < 4.78 is 87.6. The van der Waals surface area contributed by atoms with Crippen LogP contribution < -0.4 is 0 Å². The van der Waals surface area contributed by atoms with Crippen molar-refractivity contribution in [2.45, 2.75) is 38.0 Å². The fourth-order valence-electron chi connectivity index (χ4n) is 3.03. The molecule has 2 aliphatic rings. The Morgan fingerprint density at radius 1 is 1.26 bits per heavy atom. The van der Waals surface area contributed by atoms with Gasteiger partial charge in [-0.3, -0.25) is 0 Å². The summed E-state index contributed by atoms with van der Waals surface area (Å²) in [5.74, 6) is -2.32. The minimum Gasteiger partial charge on any atom is -0.365 e. The van der Waals surface area contributed by atoms with Gasteiger partial charge in [0.1, 0.15) is 5.71 Å². The molecule has 0 saturated carbocycles. The lowest BCUT2D eigenvalue weighted by atomic mass is 9.75. The van der Waals surface area contributed by atoms with Crippen molar-refractivity contribution in [2.24, 2.45) is 22.7 Å². The van der Waals surface area contributed by atoms with Crippen molar-refractivity contribution in [1.29, 1.82) is 0 Å². The Balaban J connectivity index is 2.24. The molecular weight excluding hydrogens is 328 g/mol. The SMILES string of the molecule is COC1N=C(C(F)(F)F)C=CC1[C@@H]1CO[C@](C)(C(F)(F)F)[C@@H]1C. The smallest absolute Gasteiger partial charge is 0.365 e. The molecule has 0 aromatic heterocycles. The lowest BCUT2D eigenvalue weighted by Gasteiger charge is -2.35. The third-order valence-corrected chi connectivity index (χ3v) is 4.75. The zero-order chi connectivity index (χ0) is 17.6. The van der Waals surface area contributed by atoms with E-state index in [9.17, 15) is 26.3 Å². The first kappa shape index (κ1) is 18.3. The number of ether oxygens (including phenoxy) is 2. The number of allylic oxidation sites excluding steroid dienone is 1. The Morgan fingerprint density at radius 3 is 2.30 bits per heavy atom. The minimum absolute atomic E-state index is 0.219. The molecule has 0 bridgehead atoms. The summed E-state index contributed by atoms with van der Waals surface area (Å²) in [5.41, 5.74) is -3.44. The van der Waals surface area contributed by atoms with Gasteiger partial charge in [0, 0.05) is 13.0 Å². The summed E-state index contributed by atoms with van der Waals surface area (Å²) in [5, 5.41) is 0. The maximum atomic E-state index is 13.2. The largest absolute Gasteiger partial charge is 0.433 e. The molecule has 0 amide bonds. The van der Waals surface area contributed by atoms with E-state index < -0.39 is 47.6 Å². The standard InChI is InChI=1S/C14H17F6NO2/c1-7-9(6-23-12(7,2)14(18,19)20)8-4-5-10(13(15,16)17)21-11(8)22-3/h4-5,7-9,11H,6H2,1-3H3/t7-,8?,9-,11?,12+/m1/s1. The Bertz CT molecular complexity index is 512.